The van der Waals surface area contributed by atoms with E-state index in [4.69, 9.17) is 9.47 Å². The van der Waals surface area contributed by atoms with Gasteiger partial charge in [0, 0.05) is 50.6 Å². The molecule has 1 aliphatic heterocycles. The minimum atomic E-state index is -0.532. The van der Waals surface area contributed by atoms with E-state index < -0.39 is 6.29 Å². The Balaban J connectivity index is 1.38. The highest BCUT2D eigenvalue weighted by molar-refractivity contribution is 7.99. The number of hydrogen-bond acceptors (Lipinski definition) is 6. The van der Waals surface area contributed by atoms with Crippen molar-refractivity contribution in [3.8, 4) is 11.1 Å². The molecule has 2 N–H and O–H groups in total. The molecule has 0 radical (unpaired) electrons. The molecule has 3 atom stereocenters. The zero-order chi connectivity index (χ0) is 27.2. The number of aliphatic hydroxyl groups excluding tert-OH is 1. The quantitative estimate of drug-likeness (QED) is 0.269. The lowest BCUT2D eigenvalue weighted by molar-refractivity contribution is -0.245. The summed E-state index contributed by atoms with van der Waals surface area (Å²) in [6.07, 6.45) is 3.75. The molecule has 0 saturated carbocycles. The minimum Gasteiger partial charge on any atom is -0.392 e. The number of benzene rings is 3. The van der Waals surface area contributed by atoms with Crippen LogP contribution in [0.25, 0.3) is 11.1 Å². The summed E-state index contributed by atoms with van der Waals surface area (Å²) in [4.78, 5) is 15.8. The second kappa shape index (κ2) is 12.6. The Labute approximate surface area is 233 Å². The number of amides is 1. The van der Waals surface area contributed by atoms with Crippen molar-refractivity contribution in [1.29, 1.82) is 0 Å². The second-order valence-electron chi connectivity index (χ2n) is 9.72. The van der Waals surface area contributed by atoms with Crippen molar-refractivity contribution in [3.63, 3.8) is 0 Å². The van der Waals surface area contributed by atoms with E-state index in [1.54, 1.807) is 18.0 Å². The number of imidazole rings is 1. The van der Waals surface area contributed by atoms with E-state index in [2.05, 4.69) is 34.6 Å². The molecule has 1 aromatic heterocycles. The van der Waals surface area contributed by atoms with E-state index in [-0.39, 0.29) is 24.7 Å². The van der Waals surface area contributed by atoms with E-state index in [0.717, 1.165) is 50.7 Å². The third-order valence-electron chi connectivity index (χ3n) is 6.75. The number of carbonyl (C=O) groups is 1. The molecular weight excluding hydrogens is 510 g/mol. The fourth-order valence-corrected chi connectivity index (χ4v) is 5.58. The number of aliphatic hydroxyl groups is 1. The van der Waals surface area contributed by atoms with E-state index in [1.807, 2.05) is 66.3 Å². The van der Waals surface area contributed by atoms with Gasteiger partial charge in [-0.2, -0.15) is 0 Å². The highest BCUT2D eigenvalue weighted by Crippen LogP contribution is 2.40. The summed E-state index contributed by atoms with van der Waals surface area (Å²) in [5.41, 5.74) is 6.04. The van der Waals surface area contributed by atoms with Crippen LogP contribution in [-0.2, 0) is 34.5 Å². The third-order valence-corrected chi connectivity index (χ3v) is 7.94. The fraction of sp³-hybridized carbons (Fsp3) is 0.290. The maximum Gasteiger partial charge on any atom is 0.217 e. The number of aromatic nitrogens is 2. The van der Waals surface area contributed by atoms with Gasteiger partial charge in [-0.05, 0) is 39.9 Å². The first kappa shape index (κ1) is 27.1. The molecule has 2 heterocycles. The zero-order valence-corrected chi connectivity index (χ0v) is 22.9. The Kier molecular flexibility index (Phi) is 8.78. The van der Waals surface area contributed by atoms with Gasteiger partial charge in [-0.15, -0.1) is 0 Å². The largest absolute Gasteiger partial charge is 0.392 e. The van der Waals surface area contributed by atoms with Crippen LogP contribution in [0.4, 0.5) is 0 Å². The number of rotatable bonds is 9. The summed E-state index contributed by atoms with van der Waals surface area (Å²) in [5.74, 6) is 0.700. The van der Waals surface area contributed by atoms with E-state index >= 15 is 0 Å². The molecule has 3 aromatic carbocycles. The van der Waals surface area contributed by atoms with Gasteiger partial charge in [0.1, 0.15) is 0 Å². The van der Waals surface area contributed by atoms with Crippen LogP contribution >= 0.6 is 11.8 Å². The minimum absolute atomic E-state index is 0.0132. The van der Waals surface area contributed by atoms with Crippen molar-refractivity contribution in [2.24, 2.45) is 7.05 Å². The molecule has 39 heavy (non-hydrogen) atoms. The van der Waals surface area contributed by atoms with Crippen molar-refractivity contribution in [2.75, 3.05) is 5.75 Å². The topological polar surface area (TPSA) is 85.6 Å². The number of ether oxygens (including phenoxy) is 2. The lowest BCUT2D eigenvalue weighted by Gasteiger charge is -2.36. The van der Waals surface area contributed by atoms with Crippen LogP contribution in [0.15, 0.2) is 90.3 Å². The van der Waals surface area contributed by atoms with Crippen molar-refractivity contribution < 1.29 is 19.4 Å². The van der Waals surface area contributed by atoms with Crippen molar-refractivity contribution >= 4 is 17.7 Å². The number of thioether (sulfide) groups is 1. The Morgan fingerprint density at radius 2 is 1.79 bits per heavy atom. The van der Waals surface area contributed by atoms with Crippen LogP contribution in [0, 0.1) is 0 Å². The molecule has 1 amide bonds. The molecule has 0 unspecified atom stereocenters. The zero-order valence-electron chi connectivity index (χ0n) is 22.1. The van der Waals surface area contributed by atoms with Crippen molar-refractivity contribution in [2.45, 2.75) is 50.2 Å². The molecule has 0 bridgehead atoms. The number of nitrogens with one attached hydrogen (secondary N) is 1. The maximum absolute atomic E-state index is 11.4. The molecule has 1 aliphatic rings. The lowest BCUT2D eigenvalue weighted by Crippen LogP contribution is -2.31. The lowest BCUT2D eigenvalue weighted by atomic mass is 9.99. The Morgan fingerprint density at radius 3 is 2.51 bits per heavy atom. The summed E-state index contributed by atoms with van der Waals surface area (Å²) < 4.78 is 15.1. The predicted molar refractivity (Wildman–Crippen MR) is 152 cm³/mol. The van der Waals surface area contributed by atoms with E-state index in [1.165, 1.54) is 6.92 Å². The summed E-state index contributed by atoms with van der Waals surface area (Å²) in [7, 11) is 1.99. The van der Waals surface area contributed by atoms with Gasteiger partial charge in [-0.3, -0.25) is 4.79 Å². The van der Waals surface area contributed by atoms with E-state index in [9.17, 15) is 9.90 Å². The monoisotopic (exact) mass is 543 g/mol. The molecule has 0 spiro atoms. The summed E-state index contributed by atoms with van der Waals surface area (Å²) in [5, 5.41) is 13.3. The first-order chi connectivity index (χ1) is 19.0. The smallest absolute Gasteiger partial charge is 0.217 e. The van der Waals surface area contributed by atoms with Crippen LogP contribution in [0.2, 0.25) is 0 Å². The second-order valence-corrected chi connectivity index (χ2v) is 10.7. The van der Waals surface area contributed by atoms with Crippen molar-refractivity contribution in [3.05, 3.63) is 107 Å². The third kappa shape index (κ3) is 6.96. The molecule has 202 valence electrons. The molecule has 5 rings (SSSR count). The average Bonchev–Trinajstić information content (AvgIpc) is 3.39. The number of carbonyl (C=O) groups excluding carboxylic acids is 1. The molecule has 0 aliphatic carbocycles. The highest BCUT2D eigenvalue weighted by Gasteiger charge is 2.32. The molecule has 1 fully saturated rings. The van der Waals surface area contributed by atoms with Crippen LogP contribution in [-0.4, -0.2) is 32.4 Å². The van der Waals surface area contributed by atoms with Gasteiger partial charge in [0.25, 0.3) is 0 Å². The summed E-state index contributed by atoms with van der Waals surface area (Å²) in [6.45, 7) is 2.02. The van der Waals surface area contributed by atoms with Crippen LogP contribution in [0.1, 0.15) is 48.0 Å². The maximum atomic E-state index is 11.4. The Morgan fingerprint density at radius 1 is 1.03 bits per heavy atom. The molecule has 8 heteroatoms. The van der Waals surface area contributed by atoms with Gasteiger partial charge < -0.3 is 24.5 Å². The molecule has 4 aromatic rings. The average molecular weight is 544 g/mol. The SMILES string of the molecule is CC(=O)NCc1cccc(-c2cccc([C@H]3O[C@@H](CSc4nccn4C)C[C@@H](c4ccc(CO)cc4)O3)c2)c1. The van der Waals surface area contributed by atoms with Gasteiger partial charge in [0.05, 0.1) is 18.8 Å². The molecule has 7 nitrogen and oxygen atoms in total. The van der Waals surface area contributed by atoms with Crippen LogP contribution in [0.3, 0.4) is 0 Å². The number of aryl methyl sites for hydroxylation is 1. The Bertz CT molecular complexity index is 1400. The van der Waals surface area contributed by atoms with Crippen molar-refractivity contribution in [1.82, 2.24) is 14.9 Å². The van der Waals surface area contributed by atoms with Gasteiger partial charge in [0.2, 0.25) is 5.91 Å². The fourth-order valence-electron chi connectivity index (χ4n) is 4.63. The normalized spacial score (nSPS) is 19.1. The summed E-state index contributed by atoms with van der Waals surface area (Å²) >= 11 is 1.68. The number of nitrogens with zero attached hydrogens (tertiary/aromatic N) is 2. The van der Waals surface area contributed by atoms with Gasteiger partial charge in [0.15, 0.2) is 11.4 Å². The number of hydrogen-bond donors (Lipinski definition) is 2. The summed E-state index contributed by atoms with van der Waals surface area (Å²) in [6, 6.07) is 24.3. The predicted octanol–water partition coefficient (Wildman–Crippen LogP) is 5.55. The van der Waals surface area contributed by atoms with Crippen LogP contribution in [0.5, 0.6) is 0 Å². The first-order valence-electron chi connectivity index (χ1n) is 13.0. The standard InChI is InChI=1S/C31H33N3O4S/c1-21(36)33-18-23-5-3-6-25(15-23)26-7-4-8-27(16-26)30-37-28(20-39-31-32-13-14-34(31)2)17-29(38-30)24-11-9-22(19-35)10-12-24/h3-16,28-30,35H,17-20H2,1-2H3,(H,33,36)/t28-,29+,30+/m1/s1. The Hall–Kier alpha value is -3.43. The molecular formula is C31H33N3O4S. The van der Waals surface area contributed by atoms with Gasteiger partial charge >= 0.3 is 0 Å². The first-order valence-corrected chi connectivity index (χ1v) is 14.0. The molecule has 1 saturated heterocycles. The van der Waals surface area contributed by atoms with Crippen LogP contribution < -0.4 is 5.32 Å². The highest BCUT2D eigenvalue weighted by atomic mass is 32.2. The van der Waals surface area contributed by atoms with Gasteiger partial charge in [-0.1, -0.05) is 72.4 Å². The van der Waals surface area contributed by atoms with E-state index in [0.29, 0.717) is 6.54 Å². The van der Waals surface area contributed by atoms with Gasteiger partial charge in [-0.25, -0.2) is 4.98 Å².